The molecule has 3 aromatic rings. The molecular weight excluding hydrogens is 429 g/mol. The summed E-state index contributed by atoms with van der Waals surface area (Å²) < 4.78 is 11.5. The first-order valence-corrected chi connectivity index (χ1v) is 10.7. The Hall–Kier alpha value is -1.49. The van der Waals surface area contributed by atoms with Gasteiger partial charge in [-0.15, -0.1) is 0 Å². The molecule has 3 atom stereocenters. The molecule has 0 radical (unpaired) electrons. The van der Waals surface area contributed by atoms with E-state index in [-0.39, 0.29) is 63.8 Å². The van der Waals surface area contributed by atoms with Gasteiger partial charge in [-0.2, -0.15) is 0 Å². The number of aliphatic carboxylic acids is 1. The Labute approximate surface area is 219 Å². The number of aromatic nitrogens is 1. The van der Waals surface area contributed by atoms with Gasteiger partial charge in [0.15, 0.2) is 0 Å². The van der Waals surface area contributed by atoms with Gasteiger partial charge >= 0.3 is 57.4 Å². The number of nitrogens with one attached hydrogen (secondary N) is 3. The summed E-state index contributed by atoms with van der Waals surface area (Å²) >= 11 is 0. The second-order valence-electron chi connectivity index (χ2n) is 6.80. The molecule has 0 aliphatic carbocycles. The summed E-state index contributed by atoms with van der Waals surface area (Å²) in [6.45, 7) is 1.78. The fraction of sp³-hybridized carbons (Fsp3) is 0.238. The average molecular weight is 452 g/mol. The molecule has 3 N–H and O–H groups in total. The van der Waals surface area contributed by atoms with Crippen molar-refractivity contribution in [3.63, 3.8) is 0 Å². The Morgan fingerprint density at radius 2 is 1.77 bits per heavy atom. The number of fused-ring (bicyclic) bond motifs is 1. The number of H-pyrrole nitrogens is 1. The minimum atomic E-state index is -1.35. The summed E-state index contributed by atoms with van der Waals surface area (Å²) in [5.74, 6) is -1.35. The van der Waals surface area contributed by atoms with Gasteiger partial charge in [-0.1, -0.05) is 30.3 Å². The number of carboxylic acids is 1. The van der Waals surface area contributed by atoms with Crippen molar-refractivity contribution >= 4 is 33.7 Å². The molecule has 0 aliphatic rings. The molecule has 0 aliphatic heterocycles. The monoisotopic (exact) mass is 451 g/mol. The number of hydrogen-bond acceptors (Lipinski definition) is 4. The molecular formula is C21H22KN3O4S. The van der Waals surface area contributed by atoms with E-state index in [9.17, 15) is 18.9 Å². The van der Waals surface area contributed by atoms with E-state index < -0.39 is 28.8 Å². The largest absolute Gasteiger partial charge is 1.00 e. The number of carbonyl (C=O) groups is 2. The zero-order valence-corrected chi connectivity index (χ0v) is 21.0. The minimum Gasteiger partial charge on any atom is -0.548 e. The van der Waals surface area contributed by atoms with Crippen molar-refractivity contribution < 1.29 is 70.3 Å². The van der Waals surface area contributed by atoms with Crippen LogP contribution in [0.25, 0.3) is 10.9 Å². The second kappa shape index (κ2) is 11.2. The van der Waals surface area contributed by atoms with Gasteiger partial charge in [0, 0.05) is 45.5 Å². The Morgan fingerprint density at radius 3 is 2.40 bits per heavy atom. The Morgan fingerprint density at radius 1 is 1.10 bits per heavy atom. The zero-order chi connectivity index (χ0) is 21.0. The number of aromatic amines is 1. The topological polar surface area (TPSA) is 114 Å². The minimum absolute atomic E-state index is 0. The van der Waals surface area contributed by atoms with Crippen LogP contribution < -0.4 is 67.1 Å². The number of benzene rings is 2. The molecule has 1 heterocycles. The predicted molar refractivity (Wildman–Crippen MR) is 110 cm³/mol. The molecule has 2 amide bonds. The molecule has 7 nitrogen and oxygen atoms in total. The van der Waals surface area contributed by atoms with E-state index in [2.05, 4.69) is 15.6 Å². The summed E-state index contributed by atoms with van der Waals surface area (Å²) in [5.41, 5.74) is 2.50. The third-order valence-electron chi connectivity index (χ3n) is 4.75. The first kappa shape index (κ1) is 24.8. The SMILES string of the molecule is CC(NC(=O)N[C@@H](Cc1c[nH]c2ccccc12)C(=O)[O-])c1ccc(S(C)=O)cc1.[K+]. The number of carbonyl (C=O) groups excluding carboxylic acids is 2. The maximum absolute atomic E-state index is 12.3. The van der Waals surface area contributed by atoms with Gasteiger partial charge in [-0.05, 0) is 36.2 Å². The van der Waals surface area contributed by atoms with Crippen LogP contribution in [-0.2, 0) is 22.0 Å². The first-order chi connectivity index (χ1) is 13.8. The van der Waals surface area contributed by atoms with Crippen molar-refractivity contribution in [3.8, 4) is 0 Å². The second-order valence-corrected chi connectivity index (χ2v) is 8.18. The first-order valence-electron chi connectivity index (χ1n) is 9.11. The van der Waals surface area contributed by atoms with Crippen LogP contribution in [0.4, 0.5) is 4.79 Å². The van der Waals surface area contributed by atoms with Gasteiger partial charge in [0.05, 0.1) is 18.1 Å². The van der Waals surface area contributed by atoms with Gasteiger partial charge in [-0.25, -0.2) is 4.79 Å². The van der Waals surface area contributed by atoms with Gasteiger partial charge in [-0.3, -0.25) is 4.21 Å². The van der Waals surface area contributed by atoms with Crippen molar-refractivity contribution in [3.05, 3.63) is 65.9 Å². The summed E-state index contributed by atoms with van der Waals surface area (Å²) in [6, 6.07) is 12.5. The van der Waals surface area contributed by atoms with Crippen LogP contribution in [0.2, 0.25) is 0 Å². The number of rotatable bonds is 7. The summed E-state index contributed by atoms with van der Waals surface area (Å²) in [6.07, 6.45) is 3.44. The molecule has 30 heavy (non-hydrogen) atoms. The van der Waals surface area contributed by atoms with Crippen LogP contribution in [-0.4, -0.2) is 33.5 Å². The molecule has 0 bridgehead atoms. The molecule has 9 heteroatoms. The van der Waals surface area contributed by atoms with E-state index in [4.69, 9.17) is 0 Å². The molecule has 2 aromatic carbocycles. The van der Waals surface area contributed by atoms with Crippen LogP contribution in [0.5, 0.6) is 0 Å². The van der Waals surface area contributed by atoms with E-state index in [1.807, 2.05) is 24.3 Å². The molecule has 1 aromatic heterocycles. The van der Waals surface area contributed by atoms with Crippen LogP contribution in [0.15, 0.2) is 59.6 Å². The summed E-state index contributed by atoms with van der Waals surface area (Å²) in [4.78, 5) is 27.7. The van der Waals surface area contributed by atoms with E-state index in [1.54, 1.807) is 43.6 Å². The molecule has 2 unspecified atom stereocenters. The van der Waals surface area contributed by atoms with E-state index in [0.717, 1.165) is 22.0 Å². The van der Waals surface area contributed by atoms with Crippen LogP contribution in [0.3, 0.4) is 0 Å². The summed E-state index contributed by atoms with van der Waals surface area (Å²) in [5, 5.41) is 17.7. The van der Waals surface area contributed by atoms with Gasteiger partial charge < -0.3 is 25.5 Å². The fourth-order valence-electron chi connectivity index (χ4n) is 3.14. The number of para-hydroxylation sites is 1. The maximum Gasteiger partial charge on any atom is 1.00 e. The van der Waals surface area contributed by atoms with E-state index in [0.29, 0.717) is 4.90 Å². The van der Waals surface area contributed by atoms with Crippen molar-refractivity contribution in [2.45, 2.75) is 30.3 Å². The Bertz CT molecular complexity index is 1050. The van der Waals surface area contributed by atoms with Crippen LogP contribution in [0, 0.1) is 0 Å². The standard InChI is InChI=1S/C21H23N3O4S.K/c1-13(14-7-9-16(10-8-14)29(2)28)23-21(27)24-19(20(25)26)11-15-12-22-18-6-4-3-5-17(15)18;/h3-10,12-13,19,22H,11H2,1-2H3,(H,25,26)(H2,23,24,27);/q;+1/p-1/t13?,19-,29?;/m0./s1. The molecule has 152 valence electrons. The van der Waals surface area contributed by atoms with Gasteiger partial charge in [0.1, 0.15) is 0 Å². The normalized spacial score (nSPS) is 13.7. The van der Waals surface area contributed by atoms with Gasteiger partial charge in [0.25, 0.3) is 0 Å². The Balaban J connectivity index is 0.00000320. The smallest absolute Gasteiger partial charge is 0.548 e. The van der Waals surface area contributed by atoms with Crippen molar-refractivity contribution in [2.75, 3.05) is 6.26 Å². The number of hydrogen-bond donors (Lipinski definition) is 3. The van der Waals surface area contributed by atoms with Crippen LogP contribution in [0.1, 0.15) is 24.1 Å². The quantitative estimate of drug-likeness (QED) is 0.385. The number of amides is 2. The van der Waals surface area contributed by atoms with E-state index in [1.165, 1.54) is 0 Å². The molecule has 0 saturated heterocycles. The van der Waals surface area contributed by atoms with E-state index >= 15 is 0 Å². The van der Waals surface area contributed by atoms with Crippen molar-refractivity contribution in [1.29, 1.82) is 0 Å². The fourth-order valence-corrected chi connectivity index (χ4v) is 3.66. The third-order valence-corrected chi connectivity index (χ3v) is 5.68. The number of urea groups is 1. The molecule has 0 fully saturated rings. The predicted octanol–water partition coefficient (Wildman–Crippen LogP) is -1.37. The molecule has 3 rings (SSSR count). The van der Waals surface area contributed by atoms with Crippen molar-refractivity contribution in [2.24, 2.45) is 0 Å². The average Bonchev–Trinajstić information content (AvgIpc) is 3.10. The third kappa shape index (κ3) is 6.25. The number of carboxylic acid groups (broad SMARTS) is 1. The van der Waals surface area contributed by atoms with Crippen molar-refractivity contribution in [1.82, 2.24) is 15.6 Å². The molecule has 0 saturated carbocycles. The zero-order valence-electron chi connectivity index (χ0n) is 17.1. The van der Waals surface area contributed by atoms with Gasteiger partial charge in [0.2, 0.25) is 0 Å². The summed E-state index contributed by atoms with van der Waals surface area (Å²) in [7, 11) is -1.08. The maximum atomic E-state index is 12.3. The Kier molecular flexibility index (Phi) is 9.26. The molecule has 0 spiro atoms. The van der Waals surface area contributed by atoms with Crippen LogP contribution >= 0.6 is 0 Å².